The van der Waals surface area contributed by atoms with E-state index in [-0.39, 0.29) is 11.7 Å². The summed E-state index contributed by atoms with van der Waals surface area (Å²) in [6.07, 6.45) is 1.87. The van der Waals surface area contributed by atoms with Crippen LogP contribution in [0.1, 0.15) is 12.8 Å². The van der Waals surface area contributed by atoms with E-state index in [4.69, 9.17) is 0 Å². The smallest absolute Gasteiger partial charge is 0.295 e. The first kappa shape index (κ1) is 12.8. The third kappa shape index (κ3) is 2.95. The fourth-order valence-electron chi connectivity index (χ4n) is 2.15. The quantitative estimate of drug-likeness (QED) is 0.663. The van der Waals surface area contributed by atoms with Crippen LogP contribution in [0.4, 0.5) is 15.8 Å². The van der Waals surface area contributed by atoms with Crippen LogP contribution in [-0.2, 0) is 0 Å². The van der Waals surface area contributed by atoms with E-state index >= 15 is 0 Å². The molecule has 5 nitrogen and oxygen atoms in total. The average molecular weight is 253 g/mol. The molecule has 1 heterocycles. The number of benzene rings is 1. The second-order valence-electron chi connectivity index (χ2n) is 4.64. The van der Waals surface area contributed by atoms with E-state index in [0.717, 1.165) is 32.0 Å². The number of nitrogens with zero attached hydrogens (tertiary/aromatic N) is 2. The van der Waals surface area contributed by atoms with Crippen LogP contribution in [0.15, 0.2) is 18.2 Å². The third-order valence-electron chi connectivity index (χ3n) is 3.23. The monoisotopic (exact) mass is 253 g/mol. The molecule has 1 fully saturated rings. The summed E-state index contributed by atoms with van der Waals surface area (Å²) in [6.45, 7) is 1.93. The van der Waals surface area contributed by atoms with Gasteiger partial charge in [0, 0.05) is 6.04 Å². The van der Waals surface area contributed by atoms with Crippen molar-refractivity contribution >= 4 is 11.4 Å². The highest BCUT2D eigenvalue weighted by Gasteiger charge is 2.21. The van der Waals surface area contributed by atoms with Crippen molar-refractivity contribution in [3.63, 3.8) is 0 Å². The first-order chi connectivity index (χ1) is 8.56. The Bertz CT molecular complexity index is 445. The normalized spacial score (nSPS) is 17.7. The largest absolute Gasteiger partial charge is 0.377 e. The molecule has 1 aromatic carbocycles. The van der Waals surface area contributed by atoms with Gasteiger partial charge in [0.25, 0.3) is 5.69 Å². The summed E-state index contributed by atoms with van der Waals surface area (Å²) in [4.78, 5) is 12.5. The Morgan fingerprint density at radius 1 is 1.44 bits per heavy atom. The van der Waals surface area contributed by atoms with Crippen LogP contribution in [0.25, 0.3) is 0 Å². The molecule has 18 heavy (non-hydrogen) atoms. The van der Waals surface area contributed by atoms with Crippen molar-refractivity contribution in [2.75, 3.05) is 25.5 Å². The van der Waals surface area contributed by atoms with Crippen molar-refractivity contribution in [2.45, 2.75) is 18.9 Å². The maximum Gasteiger partial charge on any atom is 0.295 e. The number of rotatable bonds is 3. The maximum atomic E-state index is 13.0. The van der Waals surface area contributed by atoms with Crippen molar-refractivity contribution < 1.29 is 9.31 Å². The number of nitro benzene ring substituents is 1. The number of likely N-dealkylation sites (tertiary alicyclic amines) is 1. The Labute approximate surface area is 105 Å². The number of halogens is 1. The zero-order valence-corrected chi connectivity index (χ0v) is 10.2. The molecular weight excluding hydrogens is 237 g/mol. The molecule has 0 saturated carbocycles. The molecular formula is C12H16FN3O2. The molecule has 6 heteroatoms. The molecule has 0 unspecified atom stereocenters. The molecule has 0 amide bonds. The van der Waals surface area contributed by atoms with Crippen LogP contribution in [0.3, 0.4) is 0 Å². The molecule has 1 aliphatic heterocycles. The van der Waals surface area contributed by atoms with Gasteiger partial charge in [0.1, 0.15) is 11.5 Å². The summed E-state index contributed by atoms with van der Waals surface area (Å²) in [7, 11) is 2.05. The first-order valence-corrected chi connectivity index (χ1v) is 5.95. The van der Waals surface area contributed by atoms with Crippen LogP contribution in [0.5, 0.6) is 0 Å². The Kier molecular flexibility index (Phi) is 3.76. The minimum Gasteiger partial charge on any atom is -0.377 e. The number of anilines is 1. The van der Waals surface area contributed by atoms with E-state index in [1.807, 2.05) is 0 Å². The molecule has 1 aromatic rings. The summed E-state index contributed by atoms with van der Waals surface area (Å²) in [6, 6.07) is 3.85. The second kappa shape index (κ2) is 5.30. The maximum absolute atomic E-state index is 13.0. The lowest BCUT2D eigenvalue weighted by atomic mass is 10.0. The zero-order valence-electron chi connectivity index (χ0n) is 10.2. The molecule has 1 aliphatic rings. The predicted molar refractivity (Wildman–Crippen MR) is 67.2 cm³/mol. The molecule has 0 atom stereocenters. The van der Waals surface area contributed by atoms with Crippen LogP contribution >= 0.6 is 0 Å². The van der Waals surface area contributed by atoms with Crippen molar-refractivity contribution in [3.05, 3.63) is 34.1 Å². The predicted octanol–water partition coefficient (Wildman–Crippen LogP) is 2.24. The van der Waals surface area contributed by atoms with Gasteiger partial charge in [-0.3, -0.25) is 10.1 Å². The van der Waals surface area contributed by atoms with Crippen molar-refractivity contribution in [3.8, 4) is 0 Å². The van der Waals surface area contributed by atoms with Gasteiger partial charge in [-0.25, -0.2) is 4.39 Å². The standard InChI is InChI=1S/C12H16FN3O2/c1-15-6-4-10(5-7-15)14-11-3-2-9(13)8-12(11)16(17)18/h2-3,8,10,14H,4-7H2,1H3. The minimum atomic E-state index is -0.587. The minimum absolute atomic E-state index is 0.200. The van der Waals surface area contributed by atoms with E-state index < -0.39 is 10.7 Å². The molecule has 2 rings (SSSR count). The SMILES string of the molecule is CN1CCC(Nc2ccc(F)cc2[N+](=O)[O-])CC1. The van der Waals surface area contributed by atoms with Crippen molar-refractivity contribution in [1.29, 1.82) is 0 Å². The highest BCUT2D eigenvalue weighted by Crippen LogP contribution is 2.27. The summed E-state index contributed by atoms with van der Waals surface area (Å²) in [5, 5.41) is 14.0. The number of hydrogen-bond donors (Lipinski definition) is 1. The molecule has 1 saturated heterocycles. The van der Waals surface area contributed by atoms with Gasteiger partial charge in [-0.1, -0.05) is 0 Å². The molecule has 0 aromatic heterocycles. The highest BCUT2D eigenvalue weighted by molar-refractivity contribution is 5.61. The Balaban J connectivity index is 2.11. The summed E-state index contributed by atoms with van der Waals surface area (Å²) < 4.78 is 13.0. The van der Waals surface area contributed by atoms with Crippen molar-refractivity contribution in [2.24, 2.45) is 0 Å². The van der Waals surface area contributed by atoms with E-state index in [1.54, 1.807) is 0 Å². The van der Waals surface area contributed by atoms with Gasteiger partial charge in [0.2, 0.25) is 0 Å². The Morgan fingerprint density at radius 2 is 2.11 bits per heavy atom. The second-order valence-corrected chi connectivity index (χ2v) is 4.64. The fraction of sp³-hybridized carbons (Fsp3) is 0.500. The van der Waals surface area contributed by atoms with Gasteiger partial charge in [-0.15, -0.1) is 0 Å². The van der Waals surface area contributed by atoms with E-state index in [2.05, 4.69) is 17.3 Å². The number of nitrogens with one attached hydrogen (secondary N) is 1. The lowest BCUT2D eigenvalue weighted by Gasteiger charge is -2.29. The number of piperidine rings is 1. The van der Waals surface area contributed by atoms with Gasteiger partial charge in [-0.05, 0) is 45.1 Å². The third-order valence-corrected chi connectivity index (χ3v) is 3.23. The molecule has 1 N–H and O–H groups in total. The molecule has 0 spiro atoms. The average Bonchev–Trinajstić information content (AvgIpc) is 2.34. The fourth-order valence-corrected chi connectivity index (χ4v) is 2.15. The summed E-state index contributed by atoms with van der Waals surface area (Å²) in [5.74, 6) is -0.587. The van der Waals surface area contributed by atoms with E-state index in [9.17, 15) is 14.5 Å². The van der Waals surface area contributed by atoms with Crippen LogP contribution < -0.4 is 5.32 Å². The van der Waals surface area contributed by atoms with Gasteiger partial charge < -0.3 is 10.2 Å². The van der Waals surface area contributed by atoms with Crippen LogP contribution in [0, 0.1) is 15.9 Å². The Hall–Kier alpha value is -1.69. The highest BCUT2D eigenvalue weighted by atomic mass is 19.1. The molecule has 0 aliphatic carbocycles. The summed E-state index contributed by atoms with van der Waals surface area (Å²) in [5.41, 5.74) is 0.199. The van der Waals surface area contributed by atoms with Crippen LogP contribution in [-0.4, -0.2) is 36.0 Å². The number of hydrogen-bond acceptors (Lipinski definition) is 4. The lowest BCUT2D eigenvalue weighted by molar-refractivity contribution is -0.384. The first-order valence-electron chi connectivity index (χ1n) is 5.95. The van der Waals surface area contributed by atoms with Gasteiger partial charge in [0.05, 0.1) is 11.0 Å². The molecule has 0 bridgehead atoms. The van der Waals surface area contributed by atoms with E-state index in [1.165, 1.54) is 12.1 Å². The molecule has 98 valence electrons. The molecule has 0 radical (unpaired) electrons. The Morgan fingerprint density at radius 3 is 2.72 bits per heavy atom. The van der Waals surface area contributed by atoms with Gasteiger partial charge >= 0.3 is 0 Å². The van der Waals surface area contributed by atoms with E-state index in [0.29, 0.717) is 5.69 Å². The lowest BCUT2D eigenvalue weighted by Crippen LogP contribution is -2.36. The number of nitro groups is 1. The summed E-state index contributed by atoms with van der Waals surface area (Å²) >= 11 is 0. The van der Waals surface area contributed by atoms with Gasteiger partial charge in [-0.2, -0.15) is 0 Å². The van der Waals surface area contributed by atoms with Crippen LogP contribution in [0.2, 0.25) is 0 Å². The zero-order chi connectivity index (χ0) is 13.1. The van der Waals surface area contributed by atoms with Gasteiger partial charge in [0.15, 0.2) is 0 Å². The van der Waals surface area contributed by atoms with Crippen molar-refractivity contribution in [1.82, 2.24) is 4.90 Å². The topological polar surface area (TPSA) is 58.4 Å².